The molecule has 0 bridgehead atoms. The highest BCUT2D eigenvalue weighted by Gasteiger charge is 2.23. The molecule has 3 nitrogen and oxygen atoms in total. The number of amides is 1. The molecule has 1 heterocycles. The molecule has 4 heteroatoms. The first-order valence-corrected chi connectivity index (χ1v) is 8.22. The van der Waals surface area contributed by atoms with Gasteiger partial charge in [0.2, 0.25) is 5.91 Å². The van der Waals surface area contributed by atoms with Gasteiger partial charge in [0.05, 0.1) is 0 Å². The lowest BCUT2D eigenvalue weighted by Gasteiger charge is -2.33. The van der Waals surface area contributed by atoms with E-state index in [4.69, 9.17) is 0 Å². The lowest BCUT2D eigenvalue weighted by Crippen LogP contribution is -2.42. The highest BCUT2D eigenvalue weighted by molar-refractivity contribution is 5.85. The third kappa shape index (κ3) is 5.61. The van der Waals surface area contributed by atoms with Crippen molar-refractivity contribution in [2.45, 2.75) is 57.8 Å². The Bertz CT molecular complexity index is 278. The van der Waals surface area contributed by atoms with Crippen LogP contribution in [0, 0.1) is 11.8 Å². The molecule has 0 radical (unpaired) electrons. The Morgan fingerprint density at radius 3 is 2.50 bits per heavy atom. The number of nitrogens with zero attached hydrogens (tertiary/aromatic N) is 1. The average molecular weight is 303 g/mol. The van der Waals surface area contributed by atoms with E-state index in [2.05, 4.69) is 10.2 Å². The third-order valence-electron chi connectivity index (χ3n) is 4.86. The van der Waals surface area contributed by atoms with Crippen LogP contribution in [0.5, 0.6) is 0 Å². The van der Waals surface area contributed by atoms with E-state index in [0.29, 0.717) is 11.8 Å². The van der Waals surface area contributed by atoms with Crippen molar-refractivity contribution in [2.75, 3.05) is 26.7 Å². The number of likely N-dealkylation sites (tertiary alicyclic amines) is 1. The molecule has 0 aromatic heterocycles. The van der Waals surface area contributed by atoms with E-state index >= 15 is 0 Å². The number of halogens is 1. The summed E-state index contributed by atoms with van der Waals surface area (Å²) in [7, 11) is 2.00. The van der Waals surface area contributed by atoms with Crippen LogP contribution >= 0.6 is 12.4 Å². The van der Waals surface area contributed by atoms with Crippen molar-refractivity contribution in [1.29, 1.82) is 0 Å². The minimum absolute atomic E-state index is 0. The molecule has 1 unspecified atom stereocenters. The number of hydrogen-bond acceptors (Lipinski definition) is 2. The lowest BCUT2D eigenvalue weighted by molar-refractivity contribution is -0.133. The van der Waals surface area contributed by atoms with Gasteiger partial charge in [-0.25, -0.2) is 0 Å². The van der Waals surface area contributed by atoms with E-state index in [1.165, 1.54) is 44.9 Å². The standard InChI is InChI=1S/C16H30N2O.ClH/c1-17-12-15-8-5-11-18(13-15)16(19)10-9-14-6-3-2-4-7-14;/h14-15,17H,2-13H2,1H3;1H. The quantitative estimate of drug-likeness (QED) is 0.845. The molecule has 2 aliphatic rings. The van der Waals surface area contributed by atoms with Crippen LogP contribution in [0.25, 0.3) is 0 Å². The van der Waals surface area contributed by atoms with Crippen LogP contribution in [0.15, 0.2) is 0 Å². The first kappa shape index (κ1) is 17.8. The average Bonchev–Trinajstić information content (AvgIpc) is 2.46. The zero-order chi connectivity index (χ0) is 13.5. The molecule has 2 rings (SSSR count). The summed E-state index contributed by atoms with van der Waals surface area (Å²) in [6.07, 6.45) is 11.3. The topological polar surface area (TPSA) is 32.3 Å². The highest BCUT2D eigenvalue weighted by atomic mass is 35.5. The van der Waals surface area contributed by atoms with Crippen LogP contribution < -0.4 is 5.32 Å². The Kier molecular flexibility index (Phi) is 8.55. The van der Waals surface area contributed by atoms with E-state index in [-0.39, 0.29) is 12.4 Å². The van der Waals surface area contributed by atoms with Crippen LogP contribution in [0.1, 0.15) is 57.8 Å². The summed E-state index contributed by atoms with van der Waals surface area (Å²) in [4.78, 5) is 14.4. The van der Waals surface area contributed by atoms with Gasteiger partial charge in [0.25, 0.3) is 0 Å². The maximum Gasteiger partial charge on any atom is 0.222 e. The van der Waals surface area contributed by atoms with Crippen molar-refractivity contribution in [1.82, 2.24) is 10.2 Å². The van der Waals surface area contributed by atoms with Crippen LogP contribution in [0.2, 0.25) is 0 Å². The van der Waals surface area contributed by atoms with E-state index in [0.717, 1.165) is 38.4 Å². The summed E-state index contributed by atoms with van der Waals surface area (Å²) in [5, 5.41) is 3.24. The van der Waals surface area contributed by atoms with Gasteiger partial charge in [-0.05, 0) is 44.7 Å². The highest BCUT2D eigenvalue weighted by Crippen LogP contribution is 2.28. The van der Waals surface area contributed by atoms with Gasteiger partial charge in [0.15, 0.2) is 0 Å². The summed E-state index contributed by atoms with van der Waals surface area (Å²) in [5.74, 6) is 1.90. The van der Waals surface area contributed by atoms with Crippen molar-refractivity contribution in [3.05, 3.63) is 0 Å². The Labute approximate surface area is 130 Å². The summed E-state index contributed by atoms with van der Waals surface area (Å²) in [6.45, 7) is 3.01. The van der Waals surface area contributed by atoms with Gasteiger partial charge < -0.3 is 10.2 Å². The summed E-state index contributed by atoms with van der Waals surface area (Å²) in [5.41, 5.74) is 0. The minimum Gasteiger partial charge on any atom is -0.342 e. The smallest absolute Gasteiger partial charge is 0.222 e. The molecule has 20 heavy (non-hydrogen) atoms. The molecule has 1 saturated heterocycles. The monoisotopic (exact) mass is 302 g/mol. The Hall–Kier alpha value is -0.280. The zero-order valence-corrected chi connectivity index (χ0v) is 13.7. The van der Waals surface area contributed by atoms with Gasteiger partial charge in [0.1, 0.15) is 0 Å². The fourth-order valence-corrected chi connectivity index (χ4v) is 3.71. The number of hydrogen-bond donors (Lipinski definition) is 1. The zero-order valence-electron chi connectivity index (χ0n) is 12.9. The molecule has 118 valence electrons. The van der Waals surface area contributed by atoms with Crippen molar-refractivity contribution in [3.8, 4) is 0 Å². The van der Waals surface area contributed by atoms with Crippen LogP contribution in [0.3, 0.4) is 0 Å². The van der Waals surface area contributed by atoms with Gasteiger partial charge in [-0.3, -0.25) is 4.79 Å². The molecular weight excluding hydrogens is 272 g/mol. The van der Waals surface area contributed by atoms with Gasteiger partial charge >= 0.3 is 0 Å². The van der Waals surface area contributed by atoms with Crippen LogP contribution in [0.4, 0.5) is 0 Å². The molecule has 0 aromatic carbocycles. The third-order valence-corrected chi connectivity index (χ3v) is 4.86. The number of carbonyl (C=O) groups is 1. The molecule has 1 saturated carbocycles. The fraction of sp³-hybridized carbons (Fsp3) is 0.938. The first-order chi connectivity index (χ1) is 9.29. The molecule has 2 fully saturated rings. The van der Waals surface area contributed by atoms with Crippen LogP contribution in [-0.4, -0.2) is 37.5 Å². The Morgan fingerprint density at radius 1 is 1.10 bits per heavy atom. The molecular formula is C16H31ClN2O. The first-order valence-electron chi connectivity index (χ1n) is 8.22. The molecule has 1 N–H and O–H groups in total. The second-order valence-electron chi connectivity index (χ2n) is 6.45. The second-order valence-corrected chi connectivity index (χ2v) is 6.45. The second kappa shape index (κ2) is 9.62. The molecule has 0 spiro atoms. The number of nitrogens with one attached hydrogen (secondary N) is 1. The summed E-state index contributed by atoms with van der Waals surface area (Å²) in [6, 6.07) is 0. The molecule has 1 aliphatic carbocycles. The van der Waals surface area contributed by atoms with E-state index < -0.39 is 0 Å². The largest absolute Gasteiger partial charge is 0.342 e. The van der Waals surface area contributed by atoms with E-state index in [9.17, 15) is 4.79 Å². The molecule has 1 aliphatic heterocycles. The predicted molar refractivity (Wildman–Crippen MR) is 86.3 cm³/mol. The van der Waals surface area contributed by atoms with Gasteiger partial charge in [-0.15, -0.1) is 12.4 Å². The van der Waals surface area contributed by atoms with E-state index in [1.807, 2.05) is 7.05 Å². The maximum atomic E-state index is 12.3. The number of rotatable bonds is 5. The lowest BCUT2D eigenvalue weighted by atomic mass is 9.86. The number of piperidine rings is 1. The van der Waals surface area contributed by atoms with Gasteiger partial charge in [0, 0.05) is 19.5 Å². The van der Waals surface area contributed by atoms with Crippen molar-refractivity contribution in [2.24, 2.45) is 11.8 Å². The van der Waals surface area contributed by atoms with Gasteiger partial charge in [-0.2, -0.15) is 0 Å². The Balaban J connectivity index is 0.00000200. The molecule has 1 amide bonds. The Morgan fingerprint density at radius 2 is 1.80 bits per heavy atom. The SMILES string of the molecule is CNCC1CCCN(C(=O)CCC2CCCCC2)C1.Cl. The fourth-order valence-electron chi connectivity index (χ4n) is 3.71. The van der Waals surface area contributed by atoms with Crippen molar-refractivity contribution in [3.63, 3.8) is 0 Å². The number of carbonyl (C=O) groups excluding carboxylic acids is 1. The minimum atomic E-state index is 0. The molecule has 1 atom stereocenters. The van der Waals surface area contributed by atoms with Crippen molar-refractivity contribution < 1.29 is 4.79 Å². The normalized spacial score (nSPS) is 24.2. The predicted octanol–water partition coefficient (Wildman–Crippen LogP) is 3.23. The summed E-state index contributed by atoms with van der Waals surface area (Å²) >= 11 is 0. The maximum absolute atomic E-state index is 12.3. The van der Waals surface area contributed by atoms with E-state index in [1.54, 1.807) is 0 Å². The summed E-state index contributed by atoms with van der Waals surface area (Å²) < 4.78 is 0. The van der Waals surface area contributed by atoms with Gasteiger partial charge in [-0.1, -0.05) is 32.1 Å². The van der Waals surface area contributed by atoms with Crippen LogP contribution in [-0.2, 0) is 4.79 Å². The van der Waals surface area contributed by atoms with Crippen molar-refractivity contribution >= 4 is 18.3 Å². The molecule has 0 aromatic rings.